The Balaban J connectivity index is 3.14. The largest absolute Gasteiger partial charge is 0.382 e. The second-order valence-corrected chi connectivity index (χ2v) is 3.47. The zero-order valence-corrected chi connectivity index (χ0v) is 9.77. The molecule has 0 heterocycles. The Labute approximate surface area is 107 Å². The van der Waals surface area contributed by atoms with Crippen molar-refractivity contribution >= 4 is 22.9 Å². The number of amidine groups is 1. The smallest absolute Gasteiger partial charge is 0.272 e. The van der Waals surface area contributed by atoms with Crippen LogP contribution >= 0.6 is 0 Å². The molecule has 0 saturated carbocycles. The van der Waals surface area contributed by atoms with Crippen LogP contribution in [0.2, 0.25) is 0 Å². The summed E-state index contributed by atoms with van der Waals surface area (Å²) in [5.41, 5.74) is 6.58. The van der Waals surface area contributed by atoms with Crippen molar-refractivity contribution in [2.75, 3.05) is 5.43 Å². The van der Waals surface area contributed by atoms with E-state index in [1.54, 1.807) is 6.07 Å². The first-order chi connectivity index (χ1) is 8.86. The molecule has 1 aromatic carbocycles. The summed E-state index contributed by atoms with van der Waals surface area (Å²) >= 11 is 0. The van der Waals surface area contributed by atoms with E-state index in [4.69, 9.17) is 16.4 Å². The van der Waals surface area contributed by atoms with Crippen LogP contribution in [0.1, 0.15) is 5.56 Å². The number of hydrogen-bond donors (Lipinski definition) is 3. The van der Waals surface area contributed by atoms with Gasteiger partial charge in [-0.05, 0) is 12.5 Å². The van der Waals surface area contributed by atoms with Gasteiger partial charge in [-0.25, -0.2) is 4.39 Å². The van der Waals surface area contributed by atoms with Gasteiger partial charge in [0, 0.05) is 6.07 Å². The summed E-state index contributed by atoms with van der Waals surface area (Å²) in [6.45, 7) is 1.44. The number of nitrogens with zero attached hydrogens (tertiary/aromatic N) is 3. The van der Waals surface area contributed by atoms with Crippen LogP contribution in [0.15, 0.2) is 17.2 Å². The van der Waals surface area contributed by atoms with Crippen LogP contribution in [0.4, 0.5) is 15.8 Å². The number of nitro groups is 1. The quantitative estimate of drug-likeness (QED) is 0.325. The number of benzene rings is 1. The molecule has 0 saturated heterocycles. The fourth-order valence-corrected chi connectivity index (χ4v) is 1.23. The van der Waals surface area contributed by atoms with Crippen molar-refractivity contribution < 1.29 is 9.31 Å². The van der Waals surface area contributed by atoms with Crippen LogP contribution < -0.4 is 11.2 Å². The van der Waals surface area contributed by atoms with E-state index in [-0.39, 0.29) is 11.3 Å². The van der Waals surface area contributed by atoms with Gasteiger partial charge >= 0.3 is 0 Å². The number of hydrazone groups is 1. The predicted octanol–water partition coefficient (Wildman–Crippen LogP) is 1.27. The Morgan fingerprint density at radius 3 is 2.74 bits per heavy atom. The number of nitriles is 1. The molecule has 0 atom stereocenters. The number of non-ortho nitro benzene ring substituents is 1. The summed E-state index contributed by atoms with van der Waals surface area (Å²) in [4.78, 5) is 9.80. The topological polar surface area (TPSA) is 141 Å². The molecule has 0 aliphatic heterocycles. The minimum atomic E-state index is -0.892. The van der Waals surface area contributed by atoms with Crippen molar-refractivity contribution in [2.24, 2.45) is 10.8 Å². The number of rotatable bonds is 4. The SMILES string of the molecule is Cc1cc([N+](=O)[O-])cc(F)c1N/N=C(\C#N)C(=N)N. The predicted molar refractivity (Wildman–Crippen MR) is 66.4 cm³/mol. The molecule has 9 heteroatoms. The highest BCUT2D eigenvalue weighted by atomic mass is 19.1. The highest BCUT2D eigenvalue weighted by molar-refractivity contribution is 6.45. The molecule has 8 nitrogen and oxygen atoms in total. The van der Waals surface area contributed by atoms with Crippen LogP contribution in [0.5, 0.6) is 0 Å². The van der Waals surface area contributed by atoms with Gasteiger partial charge in [-0.1, -0.05) is 0 Å². The molecule has 0 aliphatic carbocycles. The monoisotopic (exact) mass is 264 g/mol. The van der Waals surface area contributed by atoms with E-state index in [2.05, 4.69) is 10.5 Å². The first kappa shape index (κ1) is 14.0. The molecule has 4 N–H and O–H groups in total. The number of nitrogens with one attached hydrogen (secondary N) is 2. The number of hydrogen-bond acceptors (Lipinski definition) is 6. The fraction of sp³-hybridized carbons (Fsp3) is 0.100. The van der Waals surface area contributed by atoms with Crippen LogP contribution in [0, 0.1) is 39.6 Å². The number of anilines is 1. The van der Waals surface area contributed by atoms with Gasteiger partial charge in [-0.3, -0.25) is 20.9 Å². The van der Waals surface area contributed by atoms with Crippen LogP contribution in [-0.4, -0.2) is 16.5 Å². The number of nitrogens with two attached hydrogens (primary N) is 1. The average Bonchev–Trinajstić information content (AvgIpc) is 2.31. The van der Waals surface area contributed by atoms with Crippen LogP contribution in [-0.2, 0) is 0 Å². The van der Waals surface area contributed by atoms with Crippen molar-refractivity contribution in [2.45, 2.75) is 6.92 Å². The lowest BCUT2D eigenvalue weighted by Crippen LogP contribution is -2.22. The molecule has 98 valence electrons. The second-order valence-electron chi connectivity index (χ2n) is 3.47. The van der Waals surface area contributed by atoms with Crippen LogP contribution in [0.25, 0.3) is 0 Å². The summed E-state index contributed by atoms with van der Waals surface area (Å²) in [7, 11) is 0. The molecular formula is C10H9FN6O2. The maximum Gasteiger partial charge on any atom is 0.272 e. The average molecular weight is 264 g/mol. The highest BCUT2D eigenvalue weighted by Crippen LogP contribution is 2.25. The van der Waals surface area contributed by atoms with Gasteiger partial charge in [-0.2, -0.15) is 10.4 Å². The first-order valence-electron chi connectivity index (χ1n) is 4.89. The Bertz CT molecular complexity index is 596. The lowest BCUT2D eigenvalue weighted by atomic mass is 10.2. The lowest BCUT2D eigenvalue weighted by molar-refractivity contribution is -0.385. The Morgan fingerprint density at radius 1 is 1.68 bits per heavy atom. The van der Waals surface area contributed by atoms with E-state index in [9.17, 15) is 14.5 Å². The van der Waals surface area contributed by atoms with Crippen molar-refractivity contribution in [3.63, 3.8) is 0 Å². The minimum Gasteiger partial charge on any atom is -0.382 e. The van der Waals surface area contributed by atoms with E-state index < -0.39 is 28.0 Å². The molecule has 0 radical (unpaired) electrons. The van der Waals surface area contributed by atoms with Gasteiger partial charge in [0.15, 0.2) is 11.7 Å². The maximum atomic E-state index is 13.6. The molecular weight excluding hydrogens is 255 g/mol. The fourth-order valence-electron chi connectivity index (χ4n) is 1.23. The maximum absolute atomic E-state index is 13.6. The summed E-state index contributed by atoms with van der Waals surface area (Å²) in [6.07, 6.45) is 0. The van der Waals surface area contributed by atoms with Gasteiger partial charge in [-0.15, -0.1) is 0 Å². The van der Waals surface area contributed by atoms with Gasteiger partial charge < -0.3 is 5.73 Å². The number of nitro benzene ring substituents is 1. The zero-order valence-electron chi connectivity index (χ0n) is 9.77. The van der Waals surface area contributed by atoms with E-state index in [0.717, 1.165) is 12.1 Å². The molecule has 0 spiro atoms. The van der Waals surface area contributed by atoms with Gasteiger partial charge in [0.05, 0.1) is 16.7 Å². The van der Waals surface area contributed by atoms with Gasteiger partial charge in [0.25, 0.3) is 5.69 Å². The first-order valence-corrected chi connectivity index (χ1v) is 4.89. The Kier molecular flexibility index (Phi) is 4.10. The number of halogens is 1. The van der Waals surface area contributed by atoms with E-state index in [1.807, 2.05) is 0 Å². The highest BCUT2D eigenvalue weighted by Gasteiger charge is 2.14. The molecule has 0 bridgehead atoms. The molecule has 0 aromatic heterocycles. The second kappa shape index (κ2) is 5.54. The standard InChI is InChI=1S/C10H9FN6O2/c1-5-2-6(17(18)19)3-7(11)9(5)16-15-8(4-12)10(13)14/h2-3,16H,1H3,(H3,13,14)/b15-8+. The molecule has 1 aromatic rings. The third-order valence-electron chi connectivity index (χ3n) is 2.12. The molecule has 0 unspecified atom stereocenters. The Morgan fingerprint density at radius 2 is 2.32 bits per heavy atom. The summed E-state index contributed by atoms with van der Waals surface area (Å²) < 4.78 is 13.6. The van der Waals surface area contributed by atoms with Crippen molar-refractivity contribution in [1.82, 2.24) is 0 Å². The van der Waals surface area contributed by atoms with Gasteiger partial charge in [0.2, 0.25) is 5.71 Å². The third-order valence-corrected chi connectivity index (χ3v) is 2.12. The normalized spacial score (nSPS) is 10.7. The van der Waals surface area contributed by atoms with Crippen molar-refractivity contribution in [3.8, 4) is 6.07 Å². The molecule has 19 heavy (non-hydrogen) atoms. The minimum absolute atomic E-state index is 0.125. The lowest BCUT2D eigenvalue weighted by Gasteiger charge is -2.06. The molecule has 1 rings (SSSR count). The zero-order chi connectivity index (χ0) is 14.6. The molecule has 0 fully saturated rings. The van der Waals surface area contributed by atoms with Crippen molar-refractivity contribution in [3.05, 3.63) is 33.6 Å². The van der Waals surface area contributed by atoms with E-state index in [0.29, 0.717) is 0 Å². The van der Waals surface area contributed by atoms with Gasteiger partial charge in [0.1, 0.15) is 6.07 Å². The Hall–Kier alpha value is -3.02. The summed E-state index contributed by atoms with van der Waals surface area (Å²) in [5, 5.41) is 29.6. The van der Waals surface area contributed by atoms with Crippen molar-refractivity contribution in [1.29, 1.82) is 10.7 Å². The molecule has 0 amide bonds. The van der Waals surface area contributed by atoms with E-state index in [1.165, 1.54) is 6.92 Å². The summed E-state index contributed by atoms with van der Waals surface area (Å²) in [6, 6.07) is 3.43. The van der Waals surface area contributed by atoms with E-state index >= 15 is 0 Å². The summed E-state index contributed by atoms with van der Waals surface area (Å²) in [5.74, 6) is -1.47. The molecule has 0 aliphatic rings. The van der Waals surface area contributed by atoms with Crippen LogP contribution in [0.3, 0.4) is 0 Å². The third kappa shape index (κ3) is 3.22. The number of aryl methyl sites for hydroxylation is 1.